The molecular formula is C14H15Cl2NS. The van der Waals surface area contributed by atoms with Crippen molar-refractivity contribution in [3.8, 4) is 0 Å². The highest BCUT2D eigenvalue weighted by Gasteiger charge is 2.09. The van der Waals surface area contributed by atoms with Crippen molar-refractivity contribution in [2.75, 3.05) is 0 Å². The van der Waals surface area contributed by atoms with Crippen LogP contribution in [0.5, 0.6) is 0 Å². The first-order valence-corrected chi connectivity index (χ1v) is 7.49. The van der Waals surface area contributed by atoms with Gasteiger partial charge < -0.3 is 5.32 Å². The van der Waals surface area contributed by atoms with E-state index in [1.807, 2.05) is 24.3 Å². The first-order chi connectivity index (χ1) is 8.69. The lowest BCUT2D eigenvalue weighted by molar-refractivity contribution is 0.522. The largest absolute Gasteiger partial charge is 0.305 e. The molecule has 1 nitrogen and oxygen atoms in total. The smallest absolute Gasteiger partial charge is 0.0931 e. The molecule has 1 aromatic carbocycles. The van der Waals surface area contributed by atoms with Gasteiger partial charge in [-0.3, -0.25) is 0 Å². The average molecular weight is 300 g/mol. The van der Waals surface area contributed by atoms with Crippen molar-refractivity contribution in [1.29, 1.82) is 0 Å². The molecular weight excluding hydrogens is 285 g/mol. The van der Waals surface area contributed by atoms with E-state index in [4.69, 9.17) is 23.2 Å². The molecule has 0 bridgehead atoms. The van der Waals surface area contributed by atoms with E-state index in [-0.39, 0.29) is 0 Å². The van der Waals surface area contributed by atoms with Crippen molar-refractivity contribution < 1.29 is 0 Å². The highest BCUT2D eigenvalue weighted by atomic mass is 35.5. The summed E-state index contributed by atoms with van der Waals surface area (Å²) in [6.45, 7) is 3.00. The number of hydrogen-bond acceptors (Lipinski definition) is 2. The van der Waals surface area contributed by atoms with Crippen LogP contribution in [0.2, 0.25) is 9.36 Å². The quantitative estimate of drug-likeness (QED) is 0.790. The SMILES string of the molecule is CCC(NCc1ccc(Cl)s1)c1cccc(Cl)c1. The number of nitrogens with one attached hydrogen (secondary N) is 1. The molecule has 0 amide bonds. The predicted octanol–water partition coefficient (Wildman–Crippen LogP) is 5.30. The Labute approximate surface area is 122 Å². The summed E-state index contributed by atoms with van der Waals surface area (Å²) < 4.78 is 0.836. The summed E-state index contributed by atoms with van der Waals surface area (Å²) in [6.07, 6.45) is 1.03. The Morgan fingerprint density at radius 1 is 1.22 bits per heavy atom. The van der Waals surface area contributed by atoms with E-state index in [1.165, 1.54) is 10.4 Å². The van der Waals surface area contributed by atoms with E-state index in [9.17, 15) is 0 Å². The predicted molar refractivity (Wildman–Crippen MR) is 80.7 cm³/mol. The van der Waals surface area contributed by atoms with Crippen LogP contribution in [0, 0.1) is 0 Å². The minimum Gasteiger partial charge on any atom is -0.305 e. The van der Waals surface area contributed by atoms with Gasteiger partial charge in [-0.25, -0.2) is 0 Å². The third-order valence-corrected chi connectivity index (χ3v) is 4.28. The van der Waals surface area contributed by atoms with Crippen LogP contribution >= 0.6 is 34.5 Å². The number of benzene rings is 1. The molecule has 0 aliphatic heterocycles. The molecule has 4 heteroatoms. The van der Waals surface area contributed by atoms with Gasteiger partial charge in [0.25, 0.3) is 0 Å². The van der Waals surface area contributed by atoms with Gasteiger partial charge in [0.2, 0.25) is 0 Å². The zero-order valence-corrected chi connectivity index (χ0v) is 12.4. The van der Waals surface area contributed by atoms with Crippen molar-refractivity contribution in [3.63, 3.8) is 0 Å². The average Bonchev–Trinajstić information content (AvgIpc) is 2.76. The molecule has 0 saturated heterocycles. The molecule has 0 saturated carbocycles. The number of rotatable bonds is 5. The minimum absolute atomic E-state index is 0.324. The summed E-state index contributed by atoms with van der Waals surface area (Å²) >= 11 is 13.6. The summed E-state index contributed by atoms with van der Waals surface area (Å²) in [6, 6.07) is 12.3. The van der Waals surface area contributed by atoms with Gasteiger partial charge in [0.1, 0.15) is 0 Å². The van der Waals surface area contributed by atoms with Crippen LogP contribution in [0.1, 0.15) is 29.8 Å². The lowest BCUT2D eigenvalue weighted by atomic mass is 10.0. The molecule has 1 N–H and O–H groups in total. The Bertz CT molecular complexity index is 510. The third kappa shape index (κ3) is 3.72. The van der Waals surface area contributed by atoms with E-state index >= 15 is 0 Å². The van der Waals surface area contributed by atoms with E-state index in [0.717, 1.165) is 22.3 Å². The number of thiophene rings is 1. The summed E-state index contributed by atoms with van der Waals surface area (Å²) in [7, 11) is 0. The van der Waals surface area contributed by atoms with Gasteiger partial charge >= 0.3 is 0 Å². The van der Waals surface area contributed by atoms with Gasteiger partial charge in [-0.15, -0.1) is 11.3 Å². The first kappa shape index (κ1) is 13.9. The summed E-state index contributed by atoms with van der Waals surface area (Å²) in [4.78, 5) is 1.25. The second kappa shape index (κ2) is 6.58. The van der Waals surface area contributed by atoms with Gasteiger partial charge in [0.05, 0.1) is 4.34 Å². The lowest BCUT2D eigenvalue weighted by Gasteiger charge is -2.17. The maximum atomic E-state index is 6.02. The molecule has 0 aliphatic rings. The van der Waals surface area contributed by atoms with Gasteiger partial charge in [-0.05, 0) is 36.2 Å². The molecule has 2 aromatic rings. The Kier molecular flexibility index (Phi) is 5.07. The van der Waals surface area contributed by atoms with Gasteiger partial charge in [-0.1, -0.05) is 42.3 Å². The Morgan fingerprint density at radius 3 is 2.67 bits per heavy atom. The second-order valence-corrected chi connectivity index (χ2v) is 6.34. The van der Waals surface area contributed by atoms with E-state index in [1.54, 1.807) is 11.3 Å². The molecule has 0 fully saturated rings. The molecule has 96 valence electrons. The molecule has 1 atom stereocenters. The fourth-order valence-corrected chi connectivity index (χ4v) is 3.13. The monoisotopic (exact) mass is 299 g/mol. The van der Waals surface area contributed by atoms with Crippen LogP contribution in [0.15, 0.2) is 36.4 Å². The minimum atomic E-state index is 0.324. The maximum Gasteiger partial charge on any atom is 0.0931 e. The molecule has 1 aromatic heterocycles. The van der Waals surface area contributed by atoms with Crippen LogP contribution < -0.4 is 5.32 Å². The first-order valence-electron chi connectivity index (χ1n) is 5.92. The maximum absolute atomic E-state index is 6.02. The number of hydrogen-bond donors (Lipinski definition) is 1. The Morgan fingerprint density at radius 2 is 2.06 bits per heavy atom. The molecule has 1 heterocycles. The fourth-order valence-electron chi connectivity index (χ4n) is 1.89. The molecule has 0 aliphatic carbocycles. The molecule has 2 rings (SSSR count). The molecule has 18 heavy (non-hydrogen) atoms. The lowest BCUT2D eigenvalue weighted by Crippen LogP contribution is -2.19. The van der Waals surface area contributed by atoms with Crippen molar-refractivity contribution in [2.45, 2.75) is 25.9 Å². The van der Waals surface area contributed by atoms with Crippen LogP contribution in [0.3, 0.4) is 0 Å². The summed E-state index contributed by atoms with van der Waals surface area (Å²) in [5.74, 6) is 0. The third-order valence-electron chi connectivity index (χ3n) is 2.81. The standard InChI is InChI=1S/C14H15Cl2NS/c1-2-13(10-4-3-5-11(15)8-10)17-9-12-6-7-14(16)18-12/h3-8,13,17H,2,9H2,1H3. The van der Waals surface area contributed by atoms with Gasteiger partial charge in [0.15, 0.2) is 0 Å². The van der Waals surface area contributed by atoms with Gasteiger partial charge in [0, 0.05) is 22.5 Å². The Hall–Kier alpha value is -0.540. The van der Waals surface area contributed by atoms with E-state index in [0.29, 0.717) is 6.04 Å². The van der Waals surface area contributed by atoms with E-state index in [2.05, 4.69) is 24.4 Å². The molecule has 0 radical (unpaired) electrons. The van der Waals surface area contributed by atoms with E-state index < -0.39 is 0 Å². The highest BCUT2D eigenvalue weighted by molar-refractivity contribution is 7.16. The van der Waals surface area contributed by atoms with Gasteiger partial charge in [-0.2, -0.15) is 0 Å². The summed E-state index contributed by atoms with van der Waals surface area (Å²) in [5.41, 5.74) is 1.23. The number of halogens is 2. The van der Waals surface area contributed by atoms with Crippen LogP contribution in [0.25, 0.3) is 0 Å². The topological polar surface area (TPSA) is 12.0 Å². The zero-order valence-electron chi connectivity index (χ0n) is 10.1. The van der Waals surface area contributed by atoms with Crippen molar-refractivity contribution in [1.82, 2.24) is 5.32 Å². The molecule has 0 spiro atoms. The summed E-state index contributed by atoms with van der Waals surface area (Å²) in [5, 5.41) is 4.32. The zero-order chi connectivity index (χ0) is 13.0. The fraction of sp³-hybridized carbons (Fsp3) is 0.286. The van der Waals surface area contributed by atoms with Crippen LogP contribution in [-0.4, -0.2) is 0 Å². The van der Waals surface area contributed by atoms with Crippen LogP contribution in [-0.2, 0) is 6.54 Å². The van der Waals surface area contributed by atoms with Crippen molar-refractivity contribution >= 4 is 34.5 Å². The van der Waals surface area contributed by atoms with Crippen molar-refractivity contribution in [2.24, 2.45) is 0 Å². The normalized spacial score (nSPS) is 12.6. The molecule has 1 unspecified atom stereocenters. The van der Waals surface area contributed by atoms with Crippen LogP contribution in [0.4, 0.5) is 0 Å². The highest BCUT2D eigenvalue weighted by Crippen LogP contribution is 2.24. The van der Waals surface area contributed by atoms with Crippen molar-refractivity contribution in [3.05, 3.63) is 56.2 Å². The Balaban J connectivity index is 2.01. The second-order valence-electron chi connectivity index (χ2n) is 4.10.